The zero-order valence-corrected chi connectivity index (χ0v) is 12.3. The van der Waals surface area contributed by atoms with Crippen molar-refractivity contribution in [1.29, 1.82) is 0 Å². The predicted octanol–water partition coefficient (Wildman–Crippen LogP) is 3.05. The van der Waals surface area contributed by atoms with Crippen LogP contribution < -0.4 is 10.5 Å². The topological polar surface area (TPSA) is 53.1 Å². The van der Waals surface area contributed by atoms with E-state index in [-0.39, 0.29) is 5.75 Å². The molecule has 0 amide bonds. The van der Waals surface area contributed by atoms with Crippen molar-refractivity contribution in [2.75, 3.05) is 18.6 Å². The van der Waals surface area contributed by atoms with Crippen LogP contribution in [-0.4, -0.2) is 27.7 Å². The molecule has 1 atom stereocenters. The third kappa shape index (κ3) is 2.44. The van der Waals surface area contributed by atoms with Gasteiger partial charge in [0.25, 0.3) is 0 Å². The van der Waals surface area contributed by atoms with Crippen LogP contribution in [0.4, 0.5) is 10.3 Å². The van der Waals surface area contributed by atoms with Crippen LogP contribution in [0.5, 0.6) is 5.75 Å². The molecule has 0 bridgehead atoms. The molecule has 108 valence electrons. The van der Waals surface area contributed by atoms with Crippen molar-refractivity contribution in [3.05, 3.63) is 17.9 Å². The van der Waals surface area contributed by atoms with Crippen LogP contribution in [-0.2, 0) is 6.54 Å². The summed E-state index contributed by atoms with van der Waals surface area (Å²) in [5.74, 6) is 1.47. The Morgan fingerprint density at radius 3 is 3.05 bits per heavy atom. The van der Waals surface area contributed by atoms with E-state index in [2.05, 4.69) is 4.98 Å². The van der Waals surface area contributed by atoms with Gasteiger partial charge in [-0.25, -0.2) is 9.37 Å². The zero-order chi connectivity index (χ0) is 14.1. The zero-order valence-electron chi connectivity index (χ0n) is 11.4. The van der Waals surface area contributed by atoms with Gasteiger partial charge in [-0.2, -0.15) is 11.8 Å². The van der Waals surface area contributed by atoms with E-state index >= 15 is 0 Å². The highest BCUT2D eigenvalue weighted by atomic mass is 32.2. The largest absolute Gasteiger partial charge is 0.494 e. The van der Waals surface area contributed by atoms with Gasteiger partial charge in [-0.1, -0.05) is 6.42 Å². The first-order valence-electron chi connectivity index (χ1n) is 6.80. The quantitative estimate of drug-likeness (QED) is 0.945. The Labute approximate surface area is 121 Å². The van der Waals surface area contributed by atoms with Crippen molar-refractivity contribution in [2.45, 2.75) is 31.1 Å². The molecule has 1 aromatic heterocycles. The van der Waals surface area contributed by atoms with E-state index < -0.39 is 5.82 Å². The molecule has 0 radical (unpaired) electrons. The van der Waals surface area contributed by atoms with Gasteiger partial charge in [-0.3, -0.25) is 0 Å². The number of hydrogen-bond donors (Lipinski definition) is 1. The molecule has 0 spiro atoms. The molecule has 0 saturated carbocycles. The molecule has 1 fully saturated rings. The SMILES string of the molecule is COc1cc2c(cc1F)nc(N)n2CC1CCCCS1. The molecule has 1 aliphatic rings. The Bertz CT molecular complexity index is 622. The van der Waals surface area contributed by atoms with Crippen molar-refractivity contribution >= 4 is 28.7 Å². The normalized spacial score (nSPS) is 19.4. The monoisotopic (exact) mass is 295 g/mol. The van der Waals surface area contributed by atoms with E-state index in [0.29, 0.717) is 16.7 Å². The first-order valence-corrected chi connectivity index (χ1v) is 7.85. The smallest absolute Gasteiger partial charge is 0.201 e. The van der Waals surface area contributed by atoms with E-state index in [4.69, 9.17) is 10.5 Å². The summed E-state index contributed by atoms with van der Waals surface area (Å²) in [4.78, 5) is 4.25. The summed E-state index contributed by atoms with van der Waals surface area (Å²) < 4.78 is 20.7. The number of hydrogen-bond acceptors (Lipinski definition) is 4. The molecule has 2 N–H and O–H groups in total. The predicted molar refractivity (Wildman–Crippen MR) is 80.8 cm³/mol. The molecule has 1 unspecified atom stereocenters. The van der Waals surface area contributed by atoms with Gasteiger partial charge in [0, 0.05) is 23.9 Å². The third-order valence-electron chi connectivity index (χ3n) is 3.71. The second-order valence-electron chi connectivity index (χ2n) is 5.04. The maximum atomic E-state index is 13.7. The van der Waals surface area contributed by atoms with Crippen molar-refractivity contribution in [1.82, 2.24) is 9.55 Å². The number of thioether (sulfide) groups is 1. The second-order valence-corrected chi connectivity index (χ2v) is 6.45. The number of benzene rings is 1. The Balaban J connectivity index is 1.98. The average molecular weight is 295 g/mol. The van der Waals surface area contributed by atoms with Gasteiger partial charge in [0.15, 0.2) is 11.6 Å². The molecule has 2 aromatic rings. The lowest BCUT2D eigenvalue weighted by molar-refractivity contribution is 0.387. The molecule has 3 rings (SSSR count). The molecular formula is C14H18FN3OS. The number of rotatable bonds is 3. The van der Waals surface area contributed by atoms with Crippen molar-refractivity contribution in [2.24, 2.45) is 0 Å². The summed E-state index contributed by atoms with van der Waals surface area (Å²) in [6.45, 7) is 0.821. The number of nitrogens with zero attached hydrogens (tertiary/aromatic N) is 2. The van der Waals surface area contributed by atoms with E-state index in [1.165, 1.54) is 38.2 Å². The highest BCUT2D eigenvalue weighted by molar-refractivity contribution is 7.99. The van der Waals surface area contributed by atoms with E-state index in [9.17, 15) is 4.39 Å². The molecule has 6 heteroatoms. The molecule has 2 heterocycles. The lowest BCUT2D eigenvalue weighted by Gasteiger charge is -2.22. The number of fused-ring (bicyclic) bond motifs is 1. The number of anilines is 1. The van der Waals surface area contributed by atoms with Gasteiger partial charge in [0.2, 0.25) is 5.95 Å². The first-order chi connectivity index (χ1) is 9.69. The number of ether oxygens (including phenoxy) is 1. The summed E-state index contributed by atoms with van der Waals surface area (Å²) in [5.41, 5.74) is 7.42. The lowest BCUT2D eigenvalue weighted by Crippen LogP contribution is -2.18. The maximum Gasteiger partial charge on any atom is 0.201 e. The Morgan fingerprint density at radius 2 is 2.35 bits per heavy atom. The van der Waals surface area contributed by atoms with Crippen LogP contribution >= 0.6 is 11.8 Å². The minimum atomic E-state index is -0.406. The summed E-state index contributed by atoms with van der Waals surface area (Å²) >= 11 is 1.98. The van der Waals surface area contributed by atoms with Crippen molar-refractivity contribution < 1.29 is 9.13 Å². The molecule has 1 aliphatic heterocycles. The summed E-state index contributed by atoms with van der Waals surface area (Å²) in [6, 6.07) is 3.07. The number of nitrogens with two attached hydrogens (primary N) is 1. The fraction of sp³-hybridized carbons (Fsp3) is 0.500. The van der Waals surface area contributed by atoms with Crippen LogP contribution in [0.25, 0.3) is 11.0 Å². The summed E-state index contributed by atoms with van der Waals surface area (Å²) in [5, 5.41) is 0.555. The number of nitrogen functional groups attached to an aromatic ring is 1. The standard InChI is InChI=1S/C14H18FN3OS/c1-19-13-7-12-11(6-10(13)15)17-14(16)18(12)8-9-4-2-3-5-20-9/h6-7,9H,2-5,8H2,1H3,(H2,16,17). The van der Waals surface area contributed by atoms with E-state index in [1.54, 1.807) is 6.07 Å². The Morgan fingerprint density at radius 1 is 1.50 bits per heavy atom. The van der Waals surface area contributed by atoms with Gasteiger partial charge >= 0.3 is 0 Å². The Hall–Kier alpha value is -1.43. The minimum absolute atomic E-state index is 0.231. The van der Waals surface area contributed by atoms with Gasteiger partial charge < -0.3 is 15.0 Å². The number of halogens is 1. The molecule has 1 aromatic carbocycles. The van der Waals surface area contributed by atoms with Gasteiger partial charge in [0.05, 0.1) is 18.1 Å². The second kappa shape index (κ2) is 5.52. The lowest BCUT2D eigenvalue weighted by atomic mass is 10.2. The van der Waals surface area contributed by atoms with Crippen LogP contribution in [0.15, 0.2) is 12.1 Å². The van der Waals surface area contributed by atoms with Gasteiger partial charge in [0.1, 0.15) is 0 Å². The highest BCUT2D eigenvalue weighted by Crippen LogP contribution is 2.30. The first kappa shape index (κ1) is 13.5. The summed E-state index contributed by atoms with van der Waals surface area (Å²) in [7, 11) is 1.46. The fourth-order valence-corrected chi connectivity index (χ4v) is 3.94. The molecule has 4 nitrogen and oxygen atoms in total. The third-order valence-corrected chi connectivity index (χ3v) is 5.09. The van der Waals surface area contributed by atoms with Crippen LogP contribution in [0, 0.1) is 5.82 Å². The highest BCUT2D eigenvalue weighted by Gasteiger charge is 2.19. The molecule has 20 heavy (non-hydrogen) atoms. The number of methoxy groups -OCH3 is 1. The van der Waals surface area contributed by atoms with Crippen LogP contribution in [0.1, 0.15) is 19.3 Å². The molecular weight excluding hydrogens is 277 g/mol. The van der Waals surface area contributed by atoms with Gasteiger partial charge in [-0.05, 0) is 18.6 Å². The van der Waals surface area contributed by atoms with E-state index in [0.717, 1.165) is 12.1 Å². The molecule has 0 aliphatic carbocycles. The molecule has 1 saturated heterocycles. The number of imidazole rings is 1. The van der Waals surface area contributed by atoms with E-state index in [1.807, 2.05) is 16.3 Å². The van der Waals surface area contributed by atoms with Crippen molar-refractivity contribution in [3.63, 3.8) is 0 Å². The van der Waals surface area contributed by atoms with Gasteiger partial charge in [-0.15, -0.1) is 0 Å². The minimum Gasteiger partial charge on any atom is -0.494 e. The Kier molecular flexibility index (Phi) is 3.74. The fourth-order valence-electron chi connectivity index (χ4n) is 2.65. The van der Waals surface area contributed by atoms with Crippen molar-refractivity contribution in [3.8, 4) is 5.75 Å². The summed E-state index contributed by atoms with van der Waals surface area (Å²) in [6.07, 6.45) is 3.75. The van der Waals surface area contributed by atoms with Crippen LogP contribution in [0.3, 0.4) is 0 Å². The number of aromatic nitrogens is 2. The van der Waals surface area contributed by atoms with Crippen LogP contribution in [0.2, 0.25) is 0 Å². The maximum absolute atomic E-state index is 13.7. The average Bonchev–Trinajstić information content (AvgIpc) is 2.74.